The van der Waals surface area contributed by atoms with E-state index in [9.17, 15) is 0 Å². The molecule has 0 aromatic heterocycles. The Bertz CT molecular complexity index is 105. The van der Waals surface area contributed by atoms with E-state index in [0.29, 0.717) is 0 Å². The van der Waals surface area contributed by atoms with Gasteiger partial charge in [0.05, 0.1) is 0 Å². The molecule has 0 aliphatic carbocycles. The van der Waals surface area contributed by atoms with E-state index in [1.54, 1.807) is 0 Å². The van der Waals surface area contributed by atoms with Crippen LogP contribution in [0.25, 0.3) is 0 Å². The minimum atomic E-state index is -0.333. The monoisotopic (exact) mass is 197 g/mol. The van der Waals surface area contributed by atoms with Crippen LogP contribution in [-0.4, -0.2) is 14.3 Å². The van der Waals surface area contributed by atoms with Crippen LogP contribution in [0.2, 0.25) is 17.3 Å². The predicted molar refractivity (Wildman–Crippen MR) is 49.8 cm³/mol. The standard InChI is InChI=1S/C6H6.C3H9Ge/c1-2-4-6-5-3-1;1-4(2)3/h1-6H;1-3H3. The summed E-state index contributed by atoms with van der Waals surface area (Å²) >= 11 is -0.333. The zero-order valence-electron chi connectivity index (χ0n) is 6.96. The molecule has 0 heterocycles. The normalized spacial score (nSPS) is 8.40. The number of hydrogen-bond acceptors (Lipinski definition) is 0. The van der Waals surface area contributed by atoms with Crippen LogP contribution >= 0.6 is 0 Å². The van der Waals surface area contributed by atoms with Crippen molar-refractivity contribution in [3.05, 3.63) is 36.4 Å². The Morgan fingerprint density at radius 1 is 0.600 bits per heavy atom. The van der Waals surface area contributed by atoms with E-state index in [1.165, 1.54) is 0 Å². The molecule has 0 atom stereocenters. The van der Waals surface area contributed by atoms with Gasteiger partial charge in [-0.1, -0.05) is 36.4 Å². The van der Waals surface area contributed by atoms with Crippen molar-refractivity contribution in [2.45, 2.75) is 17.3 Å². The van der Waals surface area contributed by atoms with Gasteiger partial charge in [0.25, 0.3) is 0 Å². The zero-order chi connectivity index (χ0) is 7.82. The van der Waals surface area contributed by atoms with Crippen molar-refractivity contribution in [3.8, 4) is 0 Å². The van der Waals surface area contributed by atoms with Crippen molar-refractivity contribution in [3.63, 3.8) is 0 Å². The molecule has 1 aromatic rings. The molecule has 0 amide bonds. The molecule has 0 aliphatic heterocycles. The van der Waals surface area contributed by atoms with E-state index in [1.807, 2.05) is 36.4 Å². The molecule has 1 rings (SSSR count). The molecule has 0 saturated carbocycles. The average Bonchev–Trinajstić information content (AvgIpc) is 1.90. The van der Waals surface area contributed by atoms with Crippen LogP contribution in [0.5, 0.6) is 0 Å². The quantitative estimate of drug-likeness (QED) is 0.559. The van der Waals surface area contributed by atoms with E-state index in [0.717, 1.165) is 0 Å². The fourth-order valence-corrected chi connectivity index (χ4v) is 0.385. The van der Waals surface area contributed by atoms with Crippen LogP contribution in [0.1, 0.15) is 0 Å². The molecule has 0 N–H and O–H groups in total. The number of rotatable bonds is 0. The Hall–Kier alpha value is -0.237. The first-order valence-electron chi connectivity index (χ1n) is 3.50. The molecule has 0 nitrogen and oxygen atoms in total. The van der Waals surface area contributed by atoms with Gasteiger partial charge in [0, 0.05) is 0 Å². The van der Waals surface area contributed by atoms with Gasteiger partial charge in [0.15, 0.2) is 0 Å². The van der Waals surface area contributed by atoms with Gasteiger partial charge >= 0.3 is 31.6 Å². The topological polar surface area (TPSA) is 0 Å². The molecular formula is C9H15Ge. The second kappa shape index (κ2) is 6.88. The summed E-state index contributed by atoms with van der Waals surface area (Å²) in [6.07, 6.45) is 0. The molecule has 0 saturated heterocycles. The van der Waals surface area contributed by atoms with Crippen LogP contribution in [0.15, 0.2) is 36.4 Å². The first-order valence-corrected chi connectivity index (χ1v) is 9.79. The number of hydrogen-bond donors (Lipinski definition) is 0. The maximum absolute atomic E-state index is 2.33. The van der Waals surface area contributed by atoms with E-state index < -0.39 is 0 Å². The molecule has 0 spiro atoms. The van der Waals surface area contributed by atoms with Crippen molar-refractivity contribution >= 4 is 14.3 Å². The Morgan fingerprint density at radius 2 is 0.700 bits per heavy atom. The summed E-state index contributed by atoms with van der Waals surface area (Å²) in [6, 6.07) is 12.0. The van der Waals surface area contributed by atoms with Crippen molar-refractivity contribution in [1.29, 1.82) is 0 Å². The molecule has 1 aromatic carbocycles. The van der Waals surface area contributed by atoms with Crippen LogP contribution in [-0.2, 0) is 0 Å². The Labute approximate surface area is 68.4 Å². The molecule has 0 aliphatic rings. The predicted octanol–water partition coefficient (Wildman–Crippen LogP) is 3.06. The van der Waals surface area contributed by atoms with Gasteiger partial charge in [-0.25, -0.2) is 0 Å². The van der Waals surface area contributed by atoms with E-state index in [2.05, 4.69) is 17.3 Å². The van der Waals surface area contributed by atoms with Crippen molar-refractivity contribution in [1.82, 2.24) is 0 Å². The summed E-state index contributed by atoms with van der Waals surface area (Å²) < 4.78 is 0. The maximum Gasteiger partial charge on any atom is -0.0623 e. The van der Waals surface area contributed by atoms with Gasteiger partial charge in [-0.2, -0.15) is 0 Å². The van der Waals surface area contributed by atoms with Gasteiger partial charge in [-0.05, 0) is 0 Å². The molecule has 0 bridgehead atoms. The minimum Gasteiger partial charge on any atom is -0.0623 e. The smallest absolute Gasteiger partial charge is 0.0623 e. The Kier molecular flexibility index (Phi) is 6.71. The molecule has 55 valence electrons. The Morgan fingerprint density at radius 3 is 0.800 bits per heavy atom. The van der Waals surface area contributed by atoms with E-state index >= 15 is 0 Å². The SMILES string of the molecule is [CH3][Ge]([CH3])[CH3].c1ccccc1. The van der Waals surface area contributed by atoms with Crippen LogP contribution in [0.3, 0.4) is 0 Å². The first-order chi connectivity index (χ1) is 4.73. The van der Waals surface area contributed by atoms with Crippen LogP contribution in [0, 0.1) is 0 Å². The zero-order valence-corrected chi connectivity index (χ0v) is 9.06. The average molecular weight is 196 g/mol. The van der Waals surface area contributed by atoms with E-state index in [4.69, 9.17) is 0 Å². The van der Waals surface area contributed by atoms with Gasteiger partial charge in [0.1, 0.15) is 0 Å². The molecule has 10 heavy (non-hydrogen) atoms. The maximum atomic E-state index is 2.33. The summed E-state index contributed by atoms with van der Waals surface area (Å²) in [5.41, 5.74) is 0. The van der Waals surface area contributed by atoms with Gasteiger partial charge in [-0.3, -0.25) is 0 Å². The molecule has 0 unspecified atom stereocenters. The van der Waals surface area contributed by atoms with Crippen LogP contribution in [0.4, 0.5) is 0 Å². The molecule has 1 radical (unpaired) electrons. The summed E-state index contributed by atoms with van der Waals surface area (Å²) in [7, 11) is 0. The summed E-state index contributed by atoms with van der Waals surface area (Å²) in [5, 5.41) is 0. The second-order valence-corrected chi connectivity index (χ2v) is 8.95. The third-order valence-electron chi connectivity index (χ3n) is 0.667. The van der Waals surface area contributed by atoms with Crippen molar-refractivity contribution in [2.24, 2.45) is 0 Å². The second-order valence-electron chi connectivity index (χ2n) is 2.65. The van der Waals surface area contributed by atoms with Gasteiger partial charge in [0.2, 0.25) is 0 Å². The van der Waals surface area contributed by atoms with Gasteiger partial charge < -0.3 is 0 Å². The largest absolute Gasteiger partial charge is 0.0623 e. The van der Waals surface area contributed by atoms with E-state index in [-0.39, 0.29) is 14.3 Å². The number of benzene rings is 1. The summed E-state index contributed by atoms with van der Waals surface area (Å²) in [4.78, 5) is 0. The molecular weight excluding hydrogens is 181 g/mol. The third-order valence-corrected chi connectivity index (χ3v) is 0.667. The minimum absolute atomic E-state index is 0.333. The fraction of sp³-hybridized carbons (Fsp3) is 0.333. The summed E-state index contributed by atoms with van der Waals surface area (Å²) in [5.74, 6) is 7.00. The third kappa shape index (κ3) is 10.7. The molecule has 0 fully saturated rings. The van der Waals surface area contributed by atoms with Crippen molar-refractivity contribution < 1.29 is 0 Å². The summed E-state index contributed by atoms with van der Waals surface area (Å²) in [6.45, 7) is 0. The Balaban J connectivity index is 0.000000180. The van der Waals surface area contributed by atoms with Crippen LogP contribution < -0.4 is 0 Å². The molecule has 1 heteroatoms. The fourth-order valence-electron chi connectivity index (χ4n) is 0.385. The first kappa shape index (κ1) is 9.76. The van der Waals surface area contributed by atoms with Crippen molar-refractivity contribution in [2.75, 3.05) is 0 Å². The van der Waals surface area contributed by atoms with Gasteiger partial charge in [-0.15, -0.1) is 0 Å².